The molecule has 8 heteroatoms. The van der Waals surface area contributed by atoms with E-state index in [1.54, 1.807) is 0 Å². The molecule has 0 aromatic heterocycles. The molecule has 1 aliphatic heterocycles. The summed E-state index contributed by atoms with van der Waals surface area (Å²) in [7, 11) is -0.139. The smallest absolute Gasteiger partial charge is 0.259 e. The predicted octanol–water partition coefficient (Wildman–Crippen LogP) is 11.8. The molecule has 1 heterocycles. The number of hydrogen-bond acceptors (Lipinski definition) is 6. The van der Waals surface area contributed by atoms with Gasteiger partial charge in [0.1, 0.15) is 30.3 Å². The lowest BCUT2D eigenvalue weighted by Gasteiger charge is -2.39. The average Bonchev–Trinajstić information content (AvgIpc) is 3.06. The molecule has 0 bridgehead atoms. The molecule has 50 heavy (non-hydrogen) atoms. The van der Waals surface area contributed by atoms with Gasteiger partial charge in [-0.1, -0.05) is 72.6 Å². The van der Waals surface area contributed by atoms with Crippen molar-refractivity contribution in [3.63, 3.8) is 0 Å². The SMILES string of the molecule is [2H]CC(COc1c(C)c(C)c2c(c1C)CCC(C)(CCCC(C)CCCC(C)CCCC(C)C)O2)OP(OCC[N+]#[C-])N(C(C)C)C(C)C.[3H]OC. The van der Waals surface area contributed by atoms with Gasteiger partial charge in [-0.15, -0.1) is 0 Å². The van der Waals surface area contributed by atoms with Crippen molar-refractivity contribution in [3.8, 4) is 11.5 Å². The molecule has 2 rings (SSSR count). The third-order valence-electron chi connectivity index (χ3n) is 10.1. The molecule has 1 aromatic rings. The number of ether oxygens (including phenoxy) is 2. The van der Waals surface area contributed by atoms with Gasteiger partial charge in [0.05, 0.1) is 6.10 Å². The molecule has 0 radical (unpaired) electrons. The average molecular weight is 724 g/mol. The van der Waals surface area contributed by atoms with Crippen molar-refractivity contribution >= 4 is 8.53 Å². The van der Waals surface area contributed by atoms with Crippen LogP contribution in [0.3, 0.4) is 0 Å². The van der Waals surface area contributed by atoms with Crippen molar-refractivity contribution in [2.75, 3.05) is 26.9 Å². The van der Waals surface area contributed by atoms with E-state index in [1.807, 2.05) is 0 Å². The second kappa shape index (κ2) is 24.0. The van der Waals surface area contributed by atoms with Crippen molar-refractivity contribution < 1.29 is 25.0 Å². The zero-order chi connectivity index (χ0) is 39.4. The minimum atomic E-state index is -1.43. The van der Waals surface area contributed by atoms with E-state index >= 15 is 0 Å². The normalized spacial score (nSPS) is 18.8. The van der Waals surface area contributed by atoms with Gasteiger partial charge in [-0.05, 0) is 122 Å². The lowest BCUT2D eigenvalue weighted by molar-refractivity contribution is 0.0510. The van der Waals surface area contributed by atoms with Crippen molar-refractivity contribution in [2.24, 2.45) is 17.8 Å². The molecule has 5 atom stereocenters. The molecule has 0 amide bonds. The van der Waals surface area contributed by atoms with E-state index in [9.17, 15) is 0 Å². The first-order chi connectivity index (χ1) is 24.5. The number of fused-ring (bicyclic) bond motifs is 1. The summed E-state index contributed by atoms with van der Waals surface area (Å²) in [5, 5.41) is 3.50. The maximum absolute atomic E-state index is 8.26. The molecule has 0 saturated carbocycles. The third-order valence-corrected chi connectivity index (χ3v) is 12.3. The summed E-state index contributed by atoms with van der Waals surface area (Å²) in [6.45, 7) is 34.8. The topological polar surface area (TPSA) is 64.8 Å². The van der Waals surface area contributed by atoms with Crippen LogP contribution in [0.5, 0.6) is 11.5 Å². The van der Waals surface area contributed by atoms with Crippen LogP contribution in [0.25, 0.3) is 4.85 Å². The maximum atomic E-state index is 8.26. The van der Waals surface area contributed by atoms with Crippen LogP contribution in [-0.2, 0) is 15.5 Å². The number of aliphatic hydroxyl groups excluding tert-OH is 1. The number of benzene rings is 1. The van der Waals surface area contributed by atoms with E-state index in [-0.39, 0.29) is 31.2 Å². The Kier molecular flexibility index (Phi) is 20.6. The zero-order valence-electron chi connectivity index (χ0n) is 36.5. The zero-order valence-corrected chi connectivity index (χ0v) is 35.3. The van der Waals surface area contributed by atoms with Gasteiger partial charge in [-0.25, -0.2) is 11.2 Å². The Balaban J connectivity index is 0.00000434. The Morgan fingerprint density at radius 2 is 1.54 bits per heavy atom. The second-order valence-corrected chi connectivity index (χ2v) is 17.4. The lowest BCUT2D eigenvalue weighted by Crippen LogP contribution is -2.37. The van der Waals surface area contributed by atoms with Crippen molar-refractivity contribution in [3.05, 3.63) is 33.7 Å². The summed E-state index contributed by atoms with van der Waals surface area (Å²) in [6, 6.07) is 0.410. The fourth-order valence-electron chi connectivity index (χ4n) is 7.10. The highest BCUT2D eigenvalue weighted by Crippen LogP contribution is 2.48. The van der Waals surface area contributed by atoms with Crippen molar-refractivity contribution in [1.82, 2.24) is 4.67 Å². The summed E-state index contributed by atoms with van der Waals surface area (Å²) in [5.74, 6) is 4.38. The molecule has 0 aliphatic carbocycles. The number of nitrogens with zero attached hydrogens (tertiary/aromatic N) is 2. The summed E-state index contributed by atoms with van der Waals surface area (Å²) in [5.41, 5.74) is 4.49. The highest BCUT2D eigenvalue weighted by Gasteiger charge is 2.35. The largest absolute Gasteiger partial charge is 0.490 e. The van der Waals surface area contributed by atoms with E-state index in [0.717, 1.165) is 65.2 Å². The standard InChI is InChI=1S/C41H73N2O4P.CH4O/c1-29(2)18-15-19-32(7)20-16-21-33(8)22-17-24-41(13)25-23-38-37(12)39(35(10)36(11)40(38)46-41)44-28-34(9)47-48(45-27-26-42-14)43(30(3)4)31(5)6;1-2/h29-34H,15-28H2,1-13H3;2H,1H3/i9D;2T. The van der Waals surface area contributed by atoms with Crippen LogP contribution in [0.4, 0.5) is 0 Å². The van der Waals surface area contributed by atoms with Gasteiger partial charge < -0.3 is 28.5 Å². The highest BCUT2D eigenvalue weighted by molar-refractivity contribution is 7.44. The maximum Gasteiger partial charge on any atom is 0.259 e. The second-order valence-electron chi connectivity index (χ2n) is 16.0. The Bertz CT molecular complexity index is 1170. The quantitative estimate of drug-likeness (QED) is 0.0689. The highest BCUT2D eigenvalue weighted by atomic mass is 31.2. The van der Waals surface area contributed by atoms with Crippen LogP contribution in [0.2, 0.25) is 0 Å². The first kappa shape index (κ1) is 43.0. The monoisotopic (exact) mass is 724 g/mol. The first-order valence-electron chi connectivity index (χ1n) is 20.6. The van der Waals surface area contributed by atoms with Crippen LogP contribution >= 0.6 is 8.53 Å². The Morgan fingerprint density at radius 1 is 0.960 bits per heavy atom. The number of hydrogen-bond donors (Lipinski definition) is 1. The minimum absolute atomic E-state index is 0.0642. The number of aliphatic hydroxyl groups is 1. The van der Waals surface area contributed by atoms with E-state index < -0.39 is 14.6 Å². The van der Waals surface area contributed by atoms with Gasteiger partial charge in [-0.2, -0.15) is 0 Å². The molecular formula is C42H77N2O5P. The molecule has 290 valence electrons. The molecule has 0 saturated heterocycles. The Morgan fingerprint density at radius 3 is 2.08 bits per heavy atom. The Labute approximate surface area is 313 Å². The lowest BCUT2D eigenvalue weighted by atomic mass is 9.83. The van der Waals surface area contributed by atoms with E-state index in [2.05, 4.69) is 97.7 Å². The number of rotatable bonds is 23. The minimum Gasteiger partial charge on any atom is -0.490 e. The molecule has 1 aliphatic rings. The molecule has 0 spiro atoms. The molecule has 7 nitrogen and oxygen atoms in total. The van der Waals surface area contributed by atoms with Crippen LogP contribution < -0.4 is 9.47 Å². The summed E-state index contributed by atoms with van der Waals surface area (Å²) < 4.78 is 42.1. The molecular weight excluding hydrogens is 643 g/mol. The van der Waals surface area contributed by atoms with Gasteiger partial charge in [-0.3, -0.25) is 0 Å². The summed E-state index contributed by atoms with van der Waals surface area (Å²) in [6.07, 6.45) is 13.3. The van der Waals surface area contributed by atoms with E-state index in [1.165, 1.54) is 64.0 Å². The third kappa shape index (κ3) is 15.7. The predicted molar refractivity (Wildman–Crippen MR) is 213 cm³/mol. The van der Waals surface area contributed by atoms with Gasteiger partial charge >= 0.3 is 0 Å². The summed E-state index contributed by atoms with van der Waals surface area (Å²) >= 11 is 0. The van der Waals surface area contributed by atoms with Crippen LogP contribution in [0.1, 0.15) is 157 Å². The van der Waals surface area contributed by atoms with E-state index in [4.69, 9.17) is 27.9 Å². The fraction of sp³-hybridized carbons (Fsp3) is 0.833. The fourth-order valence-corrected chi connectivity index (χ4v) is 8.71. The molecule has 1 aromatic carbocycles. The van der Waals surface area contributed by atoms with E-state index in [0.29, 0.717) is 13.2 Å². The van der Waals surface area contributed by atoms with Gasteiger partial charge in [0.25, 0.3) is 8.53 Å². The molecule has 0 fully saturated rings. The van der Waals surface area contributed by atoms with Crippen molar-refractivity contribution in [2.45, 2.75) is 184 Å². The molecule has 1 N–H and O–H groups in total. The van der Waals surface area contributed by atoms with Crippen LogP contribution in [-0.4, -0.2) is 61.9 Å². The van der Waals surface area contributed by atoms with Crippen LogP contribution in [0.15, 0.2) is 0 Å². The van der Waals surface area contributed by atoms with Gasteiger partial charge in [0.2, 0.25) is 7.98 Å². The van der Waals surface area contributed by atoms with Gasteiger partial charge in [0.15, 0.2) is 0 Å². The van der Waals surface area contributed by atoms with Crippen LogP contribution in [0, 0.1) is 45.1 Å². The first-order valence-corrected chi connectivity index (χ1v) is 20.6. The summed E-state index contributed by atoms with van der Waals surface area (Å²) in [4.78, 5) is 3.44. The van der Waals surface area contributed by atoms with Gasteiger partial charge in [0, 0.05) is 26.1 Å². The molecule has 5 unspecified atom stereocenters. The van der Waals surface area contributed by atoms with Crippen molar-refractivity contribution in [1.29, 1.82) is 1.43 Å². The Hall–Kier alpha value is -1.42.